The molecule has 0 saturated carbocycles. The van der Waals surface area contributed by atoms with Gasteiger partial charge in [0.25, 0.3) is 0 Å². The van der Waals surface area contributed by atoms with Gasteiger partial charge in [0.1, 0.15) is 5.82 Å². The number of hydrogen-bond donors (Lipinski definition) is 0. The zero-order valence-electron chi connectivity index (χ0n) is 7.85. The van der Waals surface area contributed by atoms with Gasteiger partial charge in [-0.3, -0.25) is 0 Å². The molecule has 0 spiro atoms. The van der Waals surface area contributed by atoms with E-state index in [4.69, 9.17) is 11.6 Å². The highest BCUT2D eigenvalue weighted by Gasteiger charge is 2.12. The predicted molar refractivity (Wildman–Crippen MR) is 62.3 cm³/mol. The molecule has 0 bridgehead atoms. The lowest BCUT2D eigenvalue weighted by atomic mass is 10.1. The predicted octanol–water partition coefficient (Wildman–Crippen LogP) is 4.44. The topological polar surface area (TPSA) is 12.9 Å². The van der Waals surface area contributed by atoms with Crippen LogP contribution in [-0.4, -0.2) is 4.98 Å². The molecule has 2 aromatic rings. The molecule has 0 saturated heterocycles. The lowest BCUT2D eigenvalue weighted by Crippen LogP contribution is -1.90. The molecule has 0 amide bonds. The van der Waals surface area contributed by atoms with Crippen LogP contribution < -0.4 is 0 Å². The molecule has 0 fully saturated rings. The van der Waals surface area contributed by atoms with Gasteiger partial charge in [-0.25, -0.2) is 9.37 Å². The van der Waals surface area contributed by atoms with Crippen LogP contribution in [-0.2, 0) is 0 Å². The summed E-state index contributed by atoms with van der Waals surface area (Å²) in [4.78, 5) is 3.38. The van der Waals surface area contributed by atoms with Crippen LogP contribution in [0.25, 0.3) is 11.1 Å². The van der Waals surface area contributed by atoms with Crippen molar-refractivity contribution >= 4 is 27.5 Å². The highest BCUT2D eigenvalue weighted by Crippen LogP contribution is 2.32. The number of rotatable bonds is 1. The standard InChI is InChI=1S/C11H5BrClF2N/c12-8-3-1-2-6(11(8)15)7-4-10(14)16-5-9(7)13/h1-5H. The van der Waals surface area contributed by atoms with E-state index in [1.165, 1.54) is 6.07 Å². The lowest BCUT2D eigenvalue weighted by Gasteiger charge is -2.06. The normalized spacial score (nSPS) is 10.5. The minimum Gasteiger partial charge on any atom is -0.227 e. The molecule has 0 aliphatic heterocycles. The second kappa shape index (κ2) is 4.47. The van der Waals surface area contributed by atoms with E-state index in [2.05, 4.69) is 20.9 Å². The van der Waals surface area contributed by atoms with Gasteiger partial charge in [0.2, 0.25) is 5.95 Å². The third-order valence-electron chi connectivity index (χ3n) is 2.06. The molecular formula is C11H5BrClF2N. The molecule has 0 radical (unpaired) electrons. The molecule has 1 aromatic heterocycles. The van der Waals surface area contributed by atoms with Crippen molar-refractivity contribution in [1.82, 2.24) is 4.98 Å². The highest BCUT2D eigenvalue weighted by atomic mass is 79.9. The van der Waals surface area contributed by atoms with Crippen molar-refractivity contribution in [3.63, 3.8) is 0 Å². The maximum absolute atomic E-state index is 13.8. The third kappa shape index (κ3) is 2.08. The van der Waals surface area contributed by atoms with Gasteiger partial charge in [0, 0.05) is 23.4 Å². The summed E-state index contributed by atoms with van der Waals surface area (Å²) >= 11 is 8.90. The van der Waals surface area contributed by atoms with Gasteiger partial charge in [-0.05, 0) is 22.0 Å². The van der Waals surface area contributed by atoms with Crippen molar-refractivity contribution < 1.29 is 8.78 Å². The molecule has 82 valence electrons. The van der Waals surface area contributed by atoms with Crippen LogP contribution >= 0.6 is 27.5 Å². The van der Waals surface area contributed by atoms with E-state index < -0.39 is 11.8 Å². The summed E-state index contributed by atoms with van der Waals surface area (Å²) in [5.41, 5.74) is 0.522. The van der Waals surface area contributed by atoms with E-state index in [0.29, 0.717) is 4.47 Å². The number of pyridine rings is 1. The number of halogens is 4. The maximum Gasteiger partial charge on any atom is 0.213 e. The molecule has 1 aromatic carbocycles. The molecular weight excluding hydrogens is 299 g/mol. The second-order valence-corrected chi connectivity index (χ2v) is 4.35. The van der Waals surface area contributed by atoms with E-state index in [9.17, 15) is 8.78 Å². The molecule has 16 heavy (non-hydrogen) atoms. The van der Waals surface area contributed by atoms with Gasteiger partial charge in [-0.2, -0.15) is 4.39 Å². The zero-order valence-corrected chi connectivity index (χ0v) is 10.2. The maximum atomic E-state index is 13.8. The van der Waals surface area contributed by atoms with Gasteiger partial charge in [0.05, 0.1) is 9.50 Å². The molecule has 1 nitrogen and oxygen atoms in total. The fourth-order valence-electron chi connectivity index (χ4n) is 1.33. The van der Waals surface area contributed by atoms with Crippen molar-refractivity contribution in [1.29, 1.82) is 0 Å². The Labute approximate surface area is 104 Å². The third-order valence-corrected chi connectivity index (χ3v) is 2.98. The molecule has 0 N–H and O–H groups in total. The smallest absolute Gasteiger partial charge is 0.213 e. The van der Waals surface area contributed by atoms with Crippen LogP contribution in [0, 0.1) is 11.8 Å². The number of benzene rings is 1. The monoisotopic (exact) mass is 303 g/mol. The summed E-state index contributed by atoms with van der Waals surface area (Å²) in [5, 5.41) is 0.207. The average molecular weight is 305 g/mol. The van der Waals surface area contributed by atoms with Crippen LogP contribution in [0.5, 0.6) is 0 Å². The molecule has 2 rings (SSSR count). The van der Waals surface area contributed by atoms with E-state index in [1.807, 2.05) is 0 Å². The van der Waals surface area contributed by atoms with Gasteiger partial charge in [-0.15, -0.1) is 0 Å². The Morgan fingerprint density at radius 2 is 1.94 bits per heavy atom. The summed E-state index contributed by atoms with van der Waals surface area (Å²) in [5.74, 6) is -1.17. The Hall–Kier alpha value is -1.00. The summed E-state index contributed by atoms with van der Waals surface area (Å²) in [6.45, 7) is 0. The quantitative estimate of drug-likeness (QED) is 0.710. The van der Waals surface area contributed by atoms with E-state index in [1.54, 1.807) is 12.1 Å². The van der Waals surface area contributed by atoms with Crippen LogP contribution in [0.2, 0.25) is 5.02 Å². The van der Waals surface area contributed by atoms with Crippen LogP contribution in [0.15, 0.2) is 34.9 Å². The average Bonchev–Trinajstić information content (AvgIpc) is 2.26. The van der Waals surface area contributed by atoms with Gasteiger partial charge in [0.15, 0.2) is 0 Å². The zero-order chi connectivity index (χ0) is 11.7. The molecule has 0 aliphatic rings. The first-order valence-corrected chi connectivity index (χ1v) is 5.52. The van der Waals surface area contributed by atoms with Crippen molar-refractivity contribution in [2.75, 3.05) is 0 Å². The minimum atomic E-state index is -0.696. The number of aromatic nitrogens is 1. The first-order valence-electron chi connectivity index (χ1n) is 4.35. The Balaban J connectivity index is 2.67. The van der Waals surface area contributed by atoms with E-state index in [0.717, 1.165) is 12.3 Å². The van der Waals surface area contributed by atoms with Crippen molar-refractivity contribution in [3.8, 4) is 11.1 Å². The second-order valence-electron chi connectivity index (χ2n) is 3.09. The number of hydrogen-bond acceptors (Lipinski definition) is 1. The highest BCUT2D eigenvalue weighted by molar-refractivity contribution is 9.10. The summed E-state index contributed by atoms with van der Waals surface area (Å²) in [6.07, 6.45) is 1.16. The summed E-state index contributed by atoms with van der Waals surface area (Å²) in [6, 6.07) is 5.84. The molecule has 0 unspecified atom stereocenters. The van der Waals surface area contributed by atoms with Crippen molar-refractivity contribution in [2.45, 2.75) is 0 Å². The summed E-state index contributed by atoms with van der Waals surface area (Å²) in [7, 11) is 0. The minimum absolute atomic E-state index is 0.207. The Kier molecular flexibility index (Phi) is 3.21. The Morgan fingerprint density at radius 1 is 1.19 bits per heavy atom. The first kappa shape index (κ1) is 11.5. The molecule has 1 heterocycles. The fraction of sp³-hybridized carbons (Fsp3) is 0. The summed E-state index contributed by atoms with van der Waals surface area (Å²) < 4.78 is 27.0. The first-order chi connectivity index (χ1) is 7.59. The van der Waals surface area contributed by atoms with E-state index >= 15 is 0 Å². The van der Waals surface area contributed by atoms with Gasteiger partial charge >= 0.3 is 0 Å². The largest absolute Gasteiger partial charge is 0.227 e. The SMILES string of the molecule is Fc1cc(-c2cccc(Br)c2F)c(Cl)cn1. The van der Waals surface area contributed by atoms with E-state index in [-0.39, 0.29) is 16.1 Å². The molecule has 5 heteroatoms. The lowest BCUT2D eigenvalue weighted by molar-refractivity contribution is 0.584. The van der Waals surface area contributed by atoms with Crippen LogP contribution in [0.1, 0.15) is 0 Å². The fourth-order valence-corrected chi connectivity index (χ4v) is 1.90. The number of nitrogens with zero attached hydrogens (tertiary/aromatic N) is 1. The van der Waals surface area contributed by atoms with Crippen molar-refractivity contribution in [2.24, 2.45) is 0 Å². The van der Waals surface area contributed by atoms with Gasteiger partial charge in [-0.1, -0.05) is 23.7 Å². The Morgan fingerprint density at radius 3 is 2.69 bits per heavy atom. The Bertz CT molecular complexity index is 546. The van der Waals surface area contributed by atoms with Crippen LogP contribution in [0.4, 0.5) is 8.78 Å². The van der Waals surface area contributed by atoms with Crippen molar-refractivity contribution in [3.05, 3.63) is 51.7 Å². The van der Waals surface area contributed by atoms with Gasteiger partial charge < -0.3 is 0 Å². The van der Waals surface area contributed by atoms with Crippen LogP contribution in [0.3, 0.4) is 0 Å². The molecule has 0 atom stereocenters. The molecule has 0 aliphatic carbocycles.